The Morgan fingerprint density at radius 3 is 2.95 bits per heavy atom. The van der Waals surface area contributed by atoms with Crippen molar-refractivity contribution in [3.8, 4) is 6.07 Å². The molecule has 0 bridgehead atoms. The minimum Gasteiger partial charge on any atom is -0.352 e. The van der Waals surface area contributed by atoms with Crippen molar-refractivity contribution in [3.05, 3.63) is 47.5 Å². The van der Waals surface area contributed by atoms with Gasteiger partial charge in [-0.2, -0.15) is 10.4 Å². The highest BCUT2D eigenvalue weighted by Gasteiger charge is 2.09. The minimum atomic E-state index is 0.603. The van der Waals surface area contributed by atoms with Crippen molar-refractivity contribution in [2.45, 2.75) is 13.1 Å². The summed E-state index contributed by atoms with van der Waals surface area (Å²) in [7, 11) is 5.54. The highest BCUT2D eigenvalue weighted by Crippen LogP contribution is 2.04. The molecule has 7 nitrogen and oxygen atoms in total. The summed E-state index contributed by atoms with van der Waals surface area (Å²) in [6.07, 6.45) is 1.53. The normalized spacial score (nSPS) is 11.1. The minimum absolute atomic E-state index is 0.603. The van der Waals surface area contributed by atoms with Gasteiger partial charge in [0.05, 0.1) is 18.2 Å². The summed E-state index contributed by atoms with van der Waals surface area (Å²) < 4.78 is 1.74. The number of nitrogens with one attached hydrogen (secondary N) is 1. The van der Waals surface area contributed by atoms with E-state index < -0.39 is 0 Å². The molecule has 7 heteroatoms. The summed E-state index contributed by atoms with van der Waals surface area (Å²) in [5, 5.41) is 16.3. The topological polar surface area (TPSA) is 82.1 Å². The van der Waals surface area contributed by atoms with E-state index in [2.05, 4.69) is 26.5 Å². The zero-order valence-electron chi connectivity index (χ0n) is 13.0. The number of aliphatic imine (C=N–C) groups is 1. The van der Waals surface area contributed by atoms with E-state index >= 15 is 0 Å². The molecule has 1 aromatic heterocycles. The fourth-order valence-electron chi connectivity index (χ4n) is 2.07. The highest BCUT2D eigenvalue weighted by atomic mass is 15.4. The second-order valence-corrected chi connectivity index (χ2v) is 4.87. The van der Waals surface area contributed by atoms with Gasteiger partial charge in [-0.25, -0.2) is 4.98 Å². The van der Waals surface area contributed by atoms with Gasteiger partial charge in [0.25, 0.3) is 0 Å². The van der Waals surface area contributed by atoms with Gasteiger partial charge in [-0.05, 0) is 17.7 Å². The predicted molar refractivity (Wildman–Crippen MR) is 83.8 cm³/mol. The molecule has 0 aliphatic carbocycles. The zero-order chi connectivity index (χ0) is 15.9. The first kappa shape index (κ1) is 15.5. The molecule has 0 amide bonds. The highest BCUT2D eigenvalue weighted by molar-refractivity contribution is 5.79. The van der Waals surface area contributed by atoms with Crippen LogP contribution in [0.1, 0.15) is 17.0 Å². The maximum Gasteiger partial charge on any atom is 0.194 e. The number of nitriles is 1. The van der Waals surface area contributed by atoms with E-state index in [0.717, 1.165) is 17.3 Å². The van der Waals surface area contributed by atoms with Crippen molar-refractivity contribution in [1.29, 1.82) is 5.26 Å². The molecule has 1 N–H and O–H groups in total. The van der Waals surface area contributed by atoms with Crippen LogP contribution in [0.4, 0.5) is 0 Å². The molecule has 0 unspecified atom stereocenters. The molecule has 0 aliphatic heterocycles. The fourth-order valence-corrected chi connectivity index (χ4v) is 2.07. The molecular weight excluding hydrogens is 278 g/mol. The van der Waals surface area contributed by atoms with Gasteiger partial charge in [-0.1, -0.05) is 12.1 Å². The van der Waals surface area contributed by atoms with E-state index in [1.54, 1.807) is 17.8 Å². The third-order valence-electron chi connectivity index (χ3n) is 3.26. The Kier molecular flexibility index (Phi) is 5.09. The lowest BCUT2D eigenvalue weighted by molar-refractivity contribution is 0.448. The van der Waals surface area contributed by atoms with Crippen LogP contribution in [0.5, 0.6) is 0 Å². The number of aromatic nitrogens is 3. The number of hydrogen-bond acceptors (Lipinski definition) is 4. The molecule has 0 atom stereocenters. The van der Waals surface area contributed by atoms with Gasteiger partial charge in [0, 0.05) is 27.7 Å². The van der Waals surface area contributed by atoms with Crippen LogP contribution in [-0.4, -0.2) is 39.7 Å². The Morgan fingerprint density at radius 2 is 2.32 bits per heavy atom. The van der Waals surface area contributed by atoms with Crippen LogP contribution in [0, 0.1) is 11.3 Å². The smallest absolute Gasteiger partial charge is 0.194 e. The molecule has 0 saturated heterocycles. The van der Waals surface area contributed by atoms with Gasteiger partial charge in [0.1, 0.15) is 12.2 Å². The van der Waals surface area contributed by atoms with Gasteiger partial charge in [0.15, 0.2) is 5.96 Å². The summed E-state index contributed by atoms with van der Waals surface area (Å²) in [4.78, 5) is 10.4. The first-order chi connectivity index (χ1) is 10.6. The quantitative estimate of drug-likeness (QED) is 0.669. The van der Waals surface area contributed by atoms with Crippen molar-refractivity contribution in [2.24, 2.45) is 12.0 Å². The molecule has 2 aromatic rings. The maximum atomic E-state index is 8.93. The second kappa shape index (κ2) is 7.22. The van der Waals surface area contributed by atoms with Crippen molar-refractivity contribution in [2.75, 3.05) is 14.1 Å². The van der Waals surface area contributed by atoms with Crippen LogP contribution >= 0.6 is 0 Å². The monoisotopic (exact) mass is 297 g/mol. The molecular formula is C15H19N7. The average Bonchev–Trinajstić information content (AvgIpc) is 2.93. The third kappa shape index (κ3) is 3.82. The number of guanidine groups is 1. The van der Waals surface area contributed by atoms with Crippen LogP contribution < -0.4 is 5.32 Å². The van der Waals surface area contributed by atoms with Crippen LogP contribution in [-0.2, 0) is 20.1 Å². The Hall–Kier alpha value is -2.88. The van der Waals surface area contributed by atoms with Gasteiger partial charge in [-0.15, -0.1) is 0 Å². The Labute approximate surface area is 129 Å². The first-order valence-electron chi connectivity index (χ1n) is 6.87. The molecule has 0 radical (unpaired) electrons. The van der Waals surface area contributed by atoms with Gasteiger partial charge < -0.3 is 10.2 Å². The summed E-state index contributed by atoms with van der Waals surface area (Å²) in [6, 6.07) is 9.65. The van der Waals surface area contributed by atoms with Crippen molar-refractivity contribution < 1.29 is 0 Å². The zero-order valence-corrected chi connectivity index (χ0v) is 13.0. The summed E-state index contributed by atoms with van der Waals surface area (Å²) >= 11 is 0. The van der Waals surface area contributed by atoms with Crippen LogP contribution in [0.3, 0.4) is 0 Å². The van der Waals surface area contributed by atoms with Gasteiger partial charge >= 0.3 is 0 Å². The van der Waals surface area contributed by atoms with Crippen LogP contribution in [0.2, 0.25) is 0 Å². The molecule has 0 saturated carbocycles. The Balaban J connectivity index is 1.97. The maximum absolute atomic E-state index is 8.93. The van der Waals surface area contributed by atoms with Crippen molar-refractivity contribution >= 4 is 5.96 Å². The summed E-state index contributed by atoms with van der Waals surface area (Å²) in [5.41, 5.74) is 1.69. The molecule has 0 spiro atoms. The Morgan fingerprint density at radius 1 is 1.50 bits per heavy atom. The number of aryl methyl sites for hydroxylation is 1. The van der Waals surface area contributed by atoms with E-state index in [1.165, 1.54) is 6.33 Å². The largest absolute Gasteiger partial charge is 0.352 e. The Bertz CT molecular complexity index is 696. The molecule has 2 rings (SSSR count). The molecule has 1 heterocycles. The van der Waals surface area contributed by atoms with Gasteiger partial charge in [-0.3, -0.25) is 9.67 Å². The fraction of sp³-hybridized carbons (Fsp3) is 0.333. The molecule has 0 fully saturated rings. The lowest BCUT2D eigenvalue weighted by Gasteiger charge is -2.21. The standard InChI is InChI=1S/C15H19N7/c1-17-15(21(2)10-14-19-11-20-22(14)3)18-9-13-6-4-5-12(7-13)8-16/h4-7,11H,9-10H2,1-3H3,(H,17,18). The van der Waals surface area contributed by atoms with E-state index in [9.17, 15) is 0 Å². The summed E-state index contributed by atoms with van der Waals surface area (Å²) in [5.74, 6) is 1.61. The number of hydrogen-bond donors (Lipinski definition) is 1. The van der Waals surface area contributed by atoms with Crippen LogP contribution in [0.25, 0.3) is 0 Å². The molecule has 22 heavy (non-hydrogen) atoms. The predicted octanol–water partition coefficient (Wildman–Crippen LogP) is 0.894. The molecule has 0 aliphatic rings. The number of nitrogens with zero attached hydrogens (tertiary/aromatic N) is 6. The molecule has 114 valence electrons. The average molecular weight is 297 g/mol. The van der Waals surface area contributed by atoms with E-state index in [1.807, 2.05) is 37.2 Å². The first-order valence-corrected chi connectivity index (χ1v) is 6.87. The van der Waals surface area contributed by atoms with Crippen molar-refractivity contribution in [1.82, 2.24) is 25.0 Å². The third-order valence-corrected chi connectivity index (χ3v) is 3.26. The molecule has 1 aromatic carbocycles. The van der Waals surface area contributed by atoms with E-state index in [-0.39, 0.29) is 0 Å². The summed E-state index contributed by atoms with van der Waals surface area (Å²) in [6.45, 7) is 1.21. The SMILES string of the molecule is CN=C(NCc1cccc(C#N)c1)N(C)Cc1ncnn1C. The van der Waals surface area contributed by atoms with Crippen LogP contribution in [0.15, 0.2) is 35.6 Å². The number of rotatable bonds is 4. The lowest BCUT2D eigenvalue weighted by Crippen LogP contribution is -2.38. The number of benzene rings is 1. The van der Waals surface area contributed by atoms with Gasteiger partial charge in [0.2, 0.25) is 0 Å². The van der Waals surface area contributed by atoms with E-state index in [4.69, 9.17) is 5.26 Å². The lowest BCUT2D eigenvalue weighted by atomic mass is 10.1. The van der Waals surface area contributed by atoms with Crippen molar-refractivity contribution in [3.63, 3.8) is 0 Å². The van der Waals surface area contributed by atoms with E-state index in [0.29, 0.717) is 18.7 Å². The second-order valence-electron chi connectivity index (χ2n) is 4.87.